The van der Waals surface area contributed by atoms with E-state index in [1.807, 2.05) is 36.7 Å². The molecule has 0 bridgehead atoms. The fraction of sp³-hybridized carbons (Fsp3) is 0.400. The summed E-state index contributed by atoms with van der Waals surface area (Å²) >= 11 is 3.01. The summed E-state index contributed by atoms with van der Waals surface area (Å²) in [6.45, 7) is 6.05. The number of carbonyl (C=O) groups is 1. The van der Waals surface area contributed by atoms with E-state index in [0.29, 0.717) is 34.9 Å². The summed E-state index contributed by atoms with van der Waals surface area (Å²) in [5.41, 5.74) is 4.87. The number of benzene rings is 1. The Morgan fingerprint density at radius 1 is 1.19 bits per heavy atom. The summed E-state index contributed by atoms with van der Waals surface area (Å²) in [5.74, 6) is -1.94. The van der Waals surface area contributed by atoms with Crippen LogP contribution in [0.3, 0.4) is 0 Å². The van der Waals surface area contributed by atoms with Gasteiger partial charge in [0, 0.05) is 34.3 Å². The molecule has 220 valence electrons. The average molecular weight is 644 g/mol. The third kappa shape index (κ3) is 4.69. The summed E-state index contributed by atoms with van der Waals surface area (Å²) in [6, 6.07) is 5.30. The highest BCUT2D eigenvalue weighted by Crippen LogP contribution is 2.42. The number of amides is 1. The van der Waals surface area contributed by atoms with E-state index in [-0.39, 0.29) is 28.6 Å². The van der Waals surface area contributed by atoms with Gasteiger partial charge in [-0.25, -0.2) is 9.50 Å². The van der Waals surface area contributed by atoms with Crippen molar-refractivity contribution in [1.82, 2.24) is 28.6 Å². The number of fused-ring (bicyclic) bond motifs is 4. The first kappa shape index (κ1) is 28.4. The van der Waals surface area contributed by atoms with Crippen molar-refractivity contribution in [2.24, 2.45) is 18.9 Å². The zero-order valence-corrected chi connectivity index (χ0v) is 25.2. The molecule has 1 unspecified atom stereocenters. The van der Waals surface area contributed by atoms with Crippen molar-refractivity contribution in [3.63, 3.8) is 0 Å². The van der Waals surface area contributed by atoms with Crippen LogP contribution >= 0.6 is 15.9 Å². The van der Waals surface area contributed by atoms with Crippen molar-refractivity contribution in [3.8, 4) is 5.69 Å². The molecule has 1 aliphatic carbocycles. The van der Waals surface area contributed by atoms with Crippen molar-refractivity contribution in [2.75, 3.05) is 0 Å². The van der Waals surface area contributed by atoms with Crippen molar-refractivity contribution in [3.05, 3.63) is 80.1 Å². The highest BCUT2D eigenvalue weighted by molar-refractivity contribution is 9.11. The Morgan fingerprint density at radius 2 is 1.95 bits per heavy atom. The number of rotatable bonds is 4. The molecule has 4 aromatic rings. The number of imidazole rings is 1. The van der Waals surface area contributed by atoms with Crippen molar-refractivity contribution in [1.29, 1.82) is 0 Å². The summed E-state index contributed by atoms with van der Waals surface area (Å²) < 4.78 is 46.3. The molecule has 0 saturated heterocycles. The molecule has 0 fully saturated rings. The summed E-state index contributed by atoms with van der Waals surface area (Å²) in [4.78, 5) is 34.0. The van der Waals surface area contributed by atoms with E-state index < -0.39 is 30.5 Å². The van der Waals surface area contributed by atoms with Gasteiger partial charge in [0.1, 0.15) is 5.65 Å². The maximum absolute atomic E-state index is 14.3. The van der Waals surface area contributed by atoms with Gasteiger partial charge in [0.05, 0.1) is 47.4 Å². The van der Waals surface area contributed by atoms with Gasteiger partial charge in [0.2, 0.25) is 5.91 Å². The molecular formula is C30H30BrF3N6O2. The van der Waals surface area contributed by atoms with Gasteiger partial charge in [0.25, 0.3) is 5.56 Å². The number of nitrogens with zero attached hydrogens (tertiary/aromatic N) is 6. The summed E-state index contributed by atoms with van der Waals surface area (Å²) in [5, 5.41) is 4.68. The van der Waals surface area contributed by atoms with E-state index in [1.165, 1.54) is 12.2 Å². The van der Waals surface area contributed by atoms with Crippen LogP contribution in [0.15, 0.2) is 57.7 Å². The second-order valence-corrected chi connectivity index (χ2v) is 12.5. The highest BCUT2D eigenvalue weighted by Gasteiger charge is 2.44. The molecule has 6 rings (SSSR count). The van der Waals surface area contributed by atoms with Gasteiger partial charge in [-0.1, -0.05) is 41.9 Å². The number of allylic oxidation sites excluding steroid dienone is 3. The van der Waals surface area contributed by atoms with E-state index in [9.17, 15) is 22.8 Å². The number of carbonyl (C=O) groups excluding carboxylic acids is 1. The van der Waals surface area contributed by atoms with Crippen LogP contribution in [-0.4, -0.2) is 46.8 Å². The van der Waals surface area contributed by atoms with Crippen LogP contribution in [0, 0.1) is 11.8 Å². The Labute approximate surface area is 248 Å². The molecule has 0 spiro atoms. The second kappa shape index (κ2) is 10.3. The van der Waals surface area contributed by atoms with Crippen LogP contribution in [0.5, 0.6) is 0 Å². The summed E-state index contributed by atoms with van der Waals surface area (Å²) in [6.07, 6.45) is 2.24. The van der Waals surface area contributed by atoms with Crippen molar-refractivity contribution in [2.45, 2.75) is 58.8 Å². The maximum atomic E-state index is 14.3. The van der Waals surface area contributed by atoms with E-state index in [4.69, 9.17) is 0 Å². The molecule has 2 aliphatic rings. The summed E-state index contributed by atoms with van der Waals surface area (Å²) in [7, 11) is 1.91. The molecule has 3 aromatic heterocycles. The minimum atomic E-state index is -4.48. The van der Waals surface area contributed by atoms with Crippen LogP contribution in [-0.2, 0) is 31.2 Å². The number of alkyl halides is 3. The molecule has 0 N–H and O–H groups in total. The Morgan fingerprint density at radius 3 is 2.67 bits per heavy atom. The third-order valence-corrected chi connectivity index (χ3v) is 8.99. The van der Waals surface area contributed by atoms with Gasteiger partial charge >= 0.3 is 6.18 Å². The van der Waals surface area contributed by atoms with Gasteiger partial charge in [-0.2, -0.15) is 18.3 Å². The number of halogens is 4. The molecule has 0 radical (unpaired) electrons. The molecule has 1 aromatic carbocycles. The maximum Gasteiger partial charge on any atom is 0.396 e. The van der Waals surface area contributed by atoms with Gasteiger partial charge in [-0.3, -0.25) is 14.2 Å². The van der Waals surface area contributed by atoms with Crippen LogP contribution < -0.4 is 5.56 Å². The molecular weight excluding hydrogens is 613 g/mol. The minimum absolute atomic E-state index is 0.00367. The first-order valence-electron chi connectivity index (χ1n) is 13.8. The molecule has 42 heavy (non-hydrogen) atoms. The molecule has 2 atom stereocenters. The number of aromatic nitrogens is 5. The quantitative estimate of drug-likeness (QED) is 0.289. The van der Waals surface area contributed by atoms with Crippen molar-refractivity contribution < 1.29 is 18.0 Å². The Bertz CT molecular complexity index is 1860. The highest BCUT2D eigenvalue weighted by atomic mass is 79.9. The van der Waals surface area contributed by atoms with E-state index in [0.717, 1.165) is 16.6 Å². The molecule has 12 heteroatoms. The molecule has 0 saturated carbocycles. The van der Waals surface area contributed by atoms with Crippen molar-refractivity contribution >= 4 is 38.5 Å². The zero-order chi connectivity index (χ0) is 30.1. The second-order valence-electron chi connectivity index (χ2n) is 11.6. The smallest absolute Gasteiger partial charge is 0.334 e. The minimum Gasteiger partial charge on any atom is -0.334 e. The number of aryl methyl sites for hydroxylation is 1. The third-order valence-electron chi connectivity index (χ3n) is 8.17. The topological polar surface area (TPSA) is 77.4 Å². The Balaban J connectivity index is 1.47. The lowest BCUT2D eigenvalue weighted by Gasteiger charge is -2.36. The number of hydrogen-bond donors (Lipinski definition) is 0. The molecule has 8 nitrogen and oxygen atoms in total. The lowest BCUT2D eigenvalue weighted by Crippen LogP contribution is -2.47. The Hall–Kier alpha value is -3.67. The largest absolute Gasteiger partial charge is 0.396 e. The van der Waals surface area contributed by atoms with Gasteiger partial charge in [-0.15, -0.1) is 0 Å². The fourth-order valence-electron chi connectivity index (χ4n) is 6.04. The average Bonchev–Trinajstić information content (AvgIpc) is 3.50. The predicted octanol–water partition coefficient (Wildman–Crippen LogP) is 5.63. The first-order chi connectivity index (χ1) is 19.8. The fourth-order valence-corrected chi connectivity index (χ4v) is 6.59. The van der Waals surface area contributed by atoms with Crippen LogP contribution in [0.2, 0.25) is 0 Å². The van der Waals surface area contributed by atoms with Crippen LogP contribution in [0.25, 0.3) is 22.4 Å². The monoisotopic (exact) mass is 642 g/mol. The standard InChI is InChI=1S/C30H30BrF3N6O2/c1-16(2)9-19-13-36-40-26-14-38(28(41)18-5-7-23(31)22(11-18)30(32,33)34)17(3)10-21(26)29(42)39(27(19)40)20-6-8-25-24(12-20)35-15-37(25)4/h5-8,12-13,15-17,22H,9-11,14H2,1-4H3/t17-,22?/m0/s1. The molecule has 1 amide bonds. The Kier molecular flexibility index (Phi) is 6.94. The normalized spacial score (nSPS) is 19.4. The van der Waals surface area contributed by atoms with Crippen LogP contribution in [0.4, 0.5) is 13.2 Å². The van der Waals surface area contributed by atoms with Gasteiger partial charge in [-0.05, 0) is 50.3 Å². The lowest BCUT2D eigenvalue weighted by atomic mass is 9.91. The first-order valence-corrected chi connectivity index (χ1v) is 14.6. The van der Waals surface area contributed by atoms with E-state index in [2.05, 4.69) is 39.9 Å². The lowest BCUT2D eigenvalue weighted by molar-refractivity contribution is -0.162. The van der Waals surface area contributed by atoms with Gasteiger partial charge in [0.15, 0.2) is 0 Å². The molecule has 1 aliphatic heterocycles. The van der Waals surface area contributed by atoms with Gasteiger partial charge < -0.3 is 9.47 Å². The van der Waals surface area contributed by atoms with E-state index >= 15 is 0 Å². The predicted molar refractivity (Wildman–Crippen MR) is 157 cm³/mol. The van der Waals surface area contributed by atoms with Crippen LogP contribution in [0.1, 0.15) is 44.0 Å². The van der Waals surface area contributed by atoms with E-state index in [1.54, 1.807) is 26.5 Å². The zero-order valence-electron chi connectivity index (χ0n) is 23.6. The number of hydrogen-bond acceptors (Lipinski definition) is 4. The molecule has 4 heterocycles. The SMILES string of the molecule is CC(C)Cc1cnn2c3c(c(=O)n(-c4ccc5c(c4)ncn5C)c12)C[C@H](C)N(C(=O)C1=CC=C(Br)C(C(F)(F)F)C1)C3.